The second kappa shape index (κ2) is 3.20. The van der Waals surface area contributed by atoms with Crippen molar-refractivity contribution >= 4 is 21.5 Å². The van der Waals surface area contributed by atoms with Gasteiger partial charge in [0.15, 0.2) is 0 Å². The van der Waals surface area contributed by atoms with Crippen LogP contribution in [-0.4, -0.2) is 5.11 Å². The summed E-state index contributed by atoms with van der Waals surface area (Å²) in [5.41, 5.74) is 0. The zero-order valence-electron chi connectivity index (χ0n) is 8.44. The minimum absolute atomic E-state index is 0.244. The van der Waals surface area contributed by atoms with Crippen LogP contribution in [0.15, 0.2) is 48.5 Å². The summed E-state index contributed by atoms with van der Waals surface area (Å²) < 4.78 is 13.1. The van der Waals surface area contributed by atoms with Gasteiger partial charge in [0.25, 0.3) is 0 Å². The van der Waals surface area contributed by atoms with Crippen LogP contribution in [0, 0.1) is 5.82 Å². The number of benzene rings is 3. The highest BCUT2D eigenvalue weighted by Gasteiger charge is 2.03. The number of hydrogen-bond donors (Lipinski definition) is 1. The van der Waals surface area contributed by atoms with Crippen molar-refractivity contribution in [3.05, 3.63) is 54.3 Å². The number of phenolic OH excluding ortho intramolecular Hbond substituents is 1. The van der Waals surface area contributed by atoms with E-state index in [2.05, 4.69) is 0 Å². The zero-order chi connectivity index (χ0) is 11.1. The molecule has 0 amide bonds. The first-order valence-electron chi connectivity index (χ1n) is 5.06. The Labute approximate surface area is 91.8 Å². The lowest BCUT2D eigenvalue weighted by molar-refractivity contribution is 0.481. The highest BCUT2D eigenvalue weighted by atomic mass is 19.1. The van der Waals surface area contributed by atoms with Crippen LogP contribution in [-0.2, 0) is 0 Å². The molecule has 0 unspecified atom stereocenters. The van der Waals surface area contributed by atoms with Crippen molar-refractivity contribution in [3.63, 3.8) is 0 Å². The molecule has 1 N–H and O–H groups in total. The number of hydrogen-bond acceptors (Lipinski definition) is 1. The third-order valence-electron chi connectivity index (χ3n) is 2.82. The van der Waals surface area contributed by atoms with Gasteiger partial charge < -0.3 is 5.11 Å². The van der Waals surface area contributed by atoms with Gasteiger partial charge in [-0.05, 0) is 34.4 Å². The topological polar surface area (TPSA) is 20.2 Å². The fourth-order valence-corrected chi connectivity index (χ4v) is 2.05. The minimum atomic E-state index is -0.244. The van der Waals surface area contributed by atoms with E-state index in [0.29, 0.717) is 0 Å². The van der Waals surface area contributed by atoms with Crippen LogP contribution in [0.25, 0.3) is 21.5 Å². The van der Waals surface area contributed by atoms with E-state index < -0.39 is 0 Å². The Morgan fingerprint density at radius 2 is 1.62 bits per heavy atom. The molecule has 0 aliphatic heterocycles. The zero-order valence-corrected chi connectivity index (χ0v) is 8.44. The van der Waals surface area contributed by atoms with E-state index in [1.165, 1.54) is 12.1 Å². The van der Waals surface area contributed by atoms with Gasteiger partial charge in [-0.25, -0.2) is 4.39 Å². The fourth-order valence-electron chi connectivity index (χ4n) is 2.05. The molecule has 0 heterocycles. The average Bonchev–Trinajstić information content (AvgIpc) is 2.28. The summed E-state index contributed by atoms with van der Waals surface area (Å²) >= 11 is 0. The monoisotopic (exact) mass is 212 g/mol. The molecule has 0 atom stereocenters. The SMILES string of the molecule is Oc1cccc2c1ccc1cc(F)ccc12. The molecular formula is C14H9FO. The van der Waals surface area contributed by atoms with Gasteiger partial charge >= 0.3 is 0 Å². The Balaban J connectivity index is 2.55. The van der Waals surface area contributed by atoms with Crippen LogP contribution in [0.5, 0.6) is 5.75 Å². The minimum Gasteiger partial charge on any atom is -0.507 e. The molecule has 0 bridgehead atoms. The summed E-state index contributed by atoms with van der Waals surface area (Å²) in [7, 11) is 0. The second-order valence-electron chi connectivity index (χ2n) is 3.80. The standard InChI is InChI=1S/C14H9FO/c15-10-5-7-11-9(8-10)4-6-13-12(11)2-1-3-14(13)16/h1-8,16H. The molecule has 0 radical (unpaired) electrons. The van der Waals surface area contributed by atoms with Crippen molar-refractivity contribution in [2.24, 2.45) is 0 Å². The molecular weight excluding hydrogens is 203 g/mol. The molecule has 0 aliphatic rings. The highest BCUT2D eigenvalue weighted by molar-refractivity contribution is 6.09. The summed E-state index contributed by atoms with van der Waals surface area (Å²) in [6, 6.07) is 13.7. The summed E-state index contributed by atoms with van der Waals surface area (Å²) in [5.74, 6) is 0.00993. The van der Waals surface area contributed by atoms with Crippen molar-refractivity contribution < 1.29 is 9.50 Å². The molecule has 0 aromatic heterocycles. The van der Waals surface area contributed by atoms with Gasteiger partial charge in [0.2, 0.25) is 0 Å². The van der Waals surface area contributed by atoms with Crippen molar-refractivity contribution in [3.8, 4) is 5.75 Å². The fraction of sp³-hybridized carbons (Fsp3) is 0. The Morgan fingerprint density at radius 3 is 2.50 bits per heavy atom. The first-order valence-corrected chi connectivity index (χ1v) is 5.06. The van der Waals surface area contributed by atoms with Crippen LogP contribution in [0.4, 0.5) is 4.39 Å². The molecule has 3 aromatic rings. The molecule has 3 aromatic carbocycles. The highest BCUT2D eigenvalue weighted by Crippen LogP contribution is 2.30. The van der Waals surface area contributed by atoms with Crippen LogP contribution in [0.2, 0.25) is 0 Å². The van der Waals surface area contributed by atoms with Gasteiger partial charge in [-0.2, -0.15) is 0 Å². The van der Waals surface area contributed by atoms with Crippen LogP contribution in [0.1, 0.15) is 0 Å². The third kappa shape index (κ3) is 1.23. The quantitative estimate of drug-likeness (QED) is 0.561. The Bertz CT molecular complexity index is 689. The molecule has 0 aliphatic carbocycles. The number of phenols is 1. The average molecular weight is 212 g/mol. The number of fused-ring (bicyclic) bond motifs is 3. The van der Waals surface area contributed by atoms with E-state index in [9.17, 15) is 9.50 Å². The maximum atomic E-state index is 13.1. The summed E-state index contributed by atoms with van der Waals surface area (Å²) in [6.07, 6.45) is 0. The van der Waals surface area contributed by atoms with E-state index >= 15 is 0 Å². The molecule has 0 spiro atoms. The van der Waals surface area contributed by atoms with Crippen molar-refractivity contribution in [1.29, 1.82) is 0 Å². The van der Waals surface area contributed by atoms with E-state index in [4.69, 9.17) is 0 Å². The predicted octanol–water partition coefficient (Wildman–Crippen LogP) is 3.84. The van der Waals surface area contributed by atoms with Crippen molar-refractivity contribution in [2.45, 2.75) is 0 Å². The van der Waals surface area contributed by atoms with Gasteiger partial charge in [0.1, 0.15) is 11.6 Å². The Kier molecular flexibility index (Phi) is 1.83. The lowest BCUT2D eigenvalue weighted by Crippen LogP contribution is -1.80. The molecule has 1 nitrogen and oxygen atoms in total. The molecule has 3 rings (SSSR count). The molecule has 16 heavy (non-hydrogen) atoms. The summed E-state index contributed by atoms with van der Waals surface area (Å²) in [5, 5.41) is 13.2. The van der Waals surface area contributed by atoms with Crippen LogP contribution in [0.3, 0.4) is 0 Å². The smallest absolute Gasteiger partial charge is 0.123 e. The van der Waals surface area contributed by atoms with Gasteiger partial charge in [-0.1, -0.05) is 30.3 Å². The van der Waals surface area contributed by atoms with Crippen molar-refractivity contribution in [1.82, 2.24) is 0 Å². The molecule has 78 valence electrons. The van der Waals surface area contributed by atoms with Crippen LogP contribution >= 0.6 is 0 Å². The first kappa shape index (κ1) is 9.16. The Morgan fingerprint density at radius 1 is 0.812 bits per heavy atom. The van der Waals surface area contributed by atoms with Gasteiger partial charge in [0, 0.05) is 5.39 Å². The number of aromatic hydroxyl groups is 1. The van der Waals surface area contributed by atoms with Gasteiger partial charge in [-0.3, -0.25) is 0 Å². The molecule has 0 saturated heterocycles. The molecule has 0 fully saturated rings. The number of halogens is 1. The maximum Gasteiger partial charge on any atom is 0.123 e. The first-order chi connectivity index (χ1) is 7.75. The lowest BCUT2D eigenvalue weighted by Gasteiger charge is -2.05. The number of rotatable bonds is 0. The van der Waals surface area contributed by atoms with Crippen molar-refractivity contribution in [2.75, 3.05) is 0 Å². The van der Waals surface area contributed by atoms with E-state index in [0.717, 1.165) is 21.5 Å². The predicted molar refractivity (Wildman–Crippen MR) is 63.1 cm³/mol. The van der Waals surface area contributed by atoms with Crippen LogP contribution < -0.4 is 0 Å². The third-order valence-corrected chi connectivity index (χ3v) is 2.82. The Hall–Kier alpha value is -2.09. The summed E-state index contributed by atoms with van der Waals surface area (Å²) in [4.78, 5) is 0. The largest absolute Gasteiger partial charge is 0.507 e. The normalized spacial score (nSPS) is 11.1. The van der Waals surface area contributed by atoms with Gasteiger partial charge in [-0.15, -0.1) is 0 Å². The molecule has 0 saturated carbocycles. The van der Waals surface area contributed by atoms with Gasteiger partial charge in [0.05, 0.1) is 0 Å². The van der Waals surface area contributed by atoms with E-state index in [1.54, 1.807) is 18.2 Å². The second-order valence-corrected chi connectivity index (χ2v) is 3.80. The van der Waals surface area contributed by atoms with E-state index in [1.807, 2.05) is 18.2 Å². The summed E-state index contributed by atoms with van der Waals surface area (Å²) in [6.45, 7) is 0. The molecule has 2 heteroatoms. The van der Waals surface area contributed by atoms with E-state index in [-0.39, 0.29) is 11.6 Å². The maximum absolute atomic E-state index is 13.1. The lowest BCUT2D eigenvalue weighted by atomic mass is 10.0.